The third-order valence-corrected chi connectivity index (χ3v) is 3.01. The fourth-order valence-electron chi connectivity index (χ4n) is 1.60. The van der Waals surface area contributed by atoms with Crippen LogP contribution in [-0.2, 0) is 0 Å². The molecule has 20 heavy (non-hydrogen) atoms. The number of hydrogen-bond donors (Lipinski definition) is 0. The van der Waals surface area contributed by atoms with Crippen molar-refractivity contribution in [2.75, 3.05) is 0 Å². The minimum atomic E-state index is -0.530. The van der Waals surface area contributed by atoms with Crippen molar-refractivity contribution in [1.82, 2.24) is 0 Å². The van der Waals surface area contributed by atoms with E-state index in [0.717, 1.165) is 5.56 Å². The molecule has 0 unspecified atom stereocenters. The second-order valence-electron chi connectivity index (χ2n) is 4.12. The van der Waals surface area contributed by atoms with Crippen molar-refractivity contribution in [2.45, 2.75) is 6.92 Å². The summed E-state index contributed by atoms with van der Waals surface area (Å²) in [6.45, 7) is 1.80. The lowest BCUT2D eigenvalue weighted by molar-refractivity contribution is -0.384. The van der Waals surface area contributed by atoms with Gasteiger partial charge in [0.25, 0.3) is 5.69 Å². The van der Waals surface area contributed by atoms with Crippen LogP contribution in [0.25, 0.3) is 0 Å². The third kappa shape index (κ3) is 2.95. The molecule has 0 aliphatic carbocycles. The largest absolute Gasteiger partial charge is 0.455 e. The highest BCUT2D eigenvalue weighted by atomic mass is 35.5. The molecule has 0 saturated heterocycles. The average Bonchev–Trinajstić information content (AvgIpc) is 2.43. The summed E-state index contributed by atoms with van der Waals surface area (Å²) >= 11 is 5.96. The number of hydrogen-bond acceptors (Lipinski definition) is 4. The topological polar surface area (TPSA) is 69.4 Å². The Morgan fingerprint density at radius 3 is 2.60 bits per heavy atom. The zero-order valence-corrected chi connectivity index (χ0v) is 11.3. The van der Waals surface area contributed by atoms with E-state index in [-0.39, 0.29) is 16.5 Å². The molecule has 0 aliphatic heterocycles. The molecule has 0 spiro atoms. The van der Waals surface area contributed by atoms with Gasteiger partial charge < -0.3 is 4.74 Å². The van der Waals surface area contributed by atoms with Crippen LogP contribution in [0.5, 0.6) is 11.5 Å². The molecule has 0 radical (unpaired) electrons. The van der Waals surface area contributed by atoms with Gasteiger partial charge in [0.15, 0.2) is 5.75 Å². The molecule has 0 fully saturated rings. The van der Waals surface area contributed by atoms with Gasteiger partial charge in [0.05, 0.1) is 16.0 Å². The smallest absolute Gasteiger partial charge is 0.273 e. The number of carbonyl (C=O) groups is 1. The van der Waals surface area contributed by atoms with Crippen LogP contribution in [0.3, 0.4) is 0 Å². The van der Waals surface area contributed by atoms with Crippen molar-refractivity contribution in [3.05, 3.63) is 62.7 Å². The molecule has 102 valence electrons. The number of aryl methyl sites for hydroxylation is 1. The Hall–Kier alpha value is -2.40. The zero-order valence-electron chi connectivity index (χ0n) is 10.5. The van der Waals surface area contributed by atoms with Gasteiger partial charge in [-0.3, -0.25) is 14.9 Å². The van der Waals surface area contributed by atoms with Crippen LogP contribution < -0.4 is 4.74 Å². The van der Waals surface area contributed by atoms with E-state index in [1.165, 1.54) is 18.2 Å². The average molecular weight is 292 g/mol. The van der Waals surface area contributed by atoms with Gasteiger partial charge in [0, 0.05) is 11.6 Å². The first-order valence-corrected chi connectivity index (χ1v) is 6.06. The van der Waals surface area contributed by atoms with Crippen molar-refractivity contribution < 1.29 is 14.5 Å². The van der Waals surface area contributed by atoms with E-state index in [2.05, 4.69) is 0 Å². The summed E-state index contributed by atoms with van der Waals surface area (Å²) in [5.41, 5.74) is 1.12. The first kappa shape index (κ1) is 14.0. The van der Waals surface area contributed by atoms with E-state index >= 15 is 0 Å². The predicted molar refractivity (Wildman–Crippen MR) is 74.7 cm³/mol. The summed E-state index contributed by atoms with van der Waals surface area (Å²) < 4.78 is 5.58. The van der Waals surface area contributed by atoms with E-state index in [9.17, 15) is 14.9 Å². The maximum atomic E-state index is 10.8. The van der Waals surface area contributed by atoms with Crippen LogP contribution in [0.2, 0.25) is 5.02 Å². The summed E-state index contributed by atoms with van der Waals surface area (Å²) in [4.78, 5) is 21.0. The number of aldehydes is 1. The van der Waals surface area contributed by atoms with Crippen molar-refractivity contribution >= 4 is 23.6 Å². The van der Waals surface area contributed by atoms with Gasteiger partial charge in [-0.1, -0.05) is 23.7 Å². The number of halogens is 1. The number of rotatable bonds is 4. The summed E-state index contributed by atoms with van der Waals surface area (Å²) in [5.74, 6) is 0.601. The summed E-state index contributed by atoms with van der Waals surface area (Å²) in [6, 6.07) is 8.87. The van der Waals surface area contributed by atoms with E-state index in [1.807, 2.05) is 0 Å². The lowest BCUT2D eigenvalue weighted by Gasteiger charge is -2.10. The molecular weight excluding hydrogens is 282 g/mol. The molecule has 2 aromatic carbocycles. The minimum Gasteiger partial charge on any atom is -0.455 e. The van der Waals surface area contributed by atoms with Gasteiger partial charge in [-0.2, -0.15) is 0 Å². The Morgan fingerprint density at radius 2 is 1.95 bits per heavy atom. The number of benzene rings is 2. The number of nitro groups is 1. The van der Waals surface area contributed by atoms with Gasteiger partial charge >= 0.3 is 0 Å². The highest BCUT2D eigenvalue weighted by Crippen LogP contribution is 2.34. The zero-order chi connectivity index (χ0) is 14.7. The quantitative estimate of drug-likeness (QED) is 0.482. The fraction of sp³-hybridized carbons (Fsp3) is 0.0714. The van der Waals surface area contributed by atoms with Crippen LogP contribution in [0.15, 0.2) is 36.4 Å². The van der Waals surface area contributed by atoms with Crippen molar-refractivity contribution in [3.63, 3.8) is 0 Å². The highest BCUT2D eigenvalue weighted by molar-refractivity contribution is 6.32. The molecule has 2 aromatic rings. The molecule has 6 heteroatoms. The molecule has 2 rings (SSSR count). The number of carbonyl (C=O) groups excluding carboxylic acids is 1. The van der Waals surface area contributed by atoms with Crippen molar-refractivity contribution in [3.8, 4) is 11.5 Å². The number of non-ortho nitro benzene ring substituents is 1. The minimum absolute atomic E-state index is 0.117. The Morgan fingerprint density at radius 1 is 1.20 bits per heavy atom. The number of nitro benzene ring substituents is 1. The third-order valence-electron chi connectivity index (χ3n) is 2.69. The second-order valence-corrected chi connectivity index (χ2v) is 4.52. The van der Waals surface area contributed by atoms with Crippen LogP contribution in [0.4, 0.5) is 5.69 Å². The maximum absolute atomic E-state index is 10.8. The van der Waals surface area contributed by atoms with Crippen molar-refractivity contribution in [1.29, 1.82) is 0 Å². The van der Waals surface area contributed by atoms with Crippen LogP contribution >= 0.6 is 11.6 Å². The van der Waals surface area contributed by atoms with Gasteiger partial charge in [0.2, 0.25) is 0 Å². The first-order chi connectivity index (χ1) is 9.51. The van der Waals surface area contributed by atoms with Gasteiger partial charge in [-0.15, -0.1) is 0 Å². The standard InChI is InChI=1S/C14H10ClNO4/c1-9-2-3-10(8-17)6-13(9)20-14-7-11(16(18)19)4-5-12(14)15/h2-8H,1H3. The van der Waals surface area contributed by atoms with E-state index in [4.69, 9.17) is 16.3 Å². The lowest BCUT2D eigenvalue weighted by atomic mass is 10.1. The Labute approximate surface area is 119 Å². The second kappa shape index (κ2) is 5.71. The number of nitrogens with zero attached hydrogens (tertiary/aromatic N) is 1. The Balaban J connectivity index is 2.41. The molecule has 0 heterocycles. The van der Waals surface area contributed by atoms with Gasteiger partial charge in [-0.05, 0) is 24.6 Å². The highest BCUT2D eigenvalue weighted by Gasteiger charge is 2.12. The number of ether oxygens (including phenoxy) is 1. The summed E-state index contributed by atoms with van der Waals surface area (Å²) in [6.07, 6.45) is 0.696. The molecule has 0 atom stereocenters. The Bertz CT molecular complexity index is 685. The molecule has 0 amide bonds. The van der Waals surface area contributed by atoms with Crippen LogP contribution in [-0.4, -0.2) is 11.2 Å². The fourth-order valence-corrected chi connectivity index (χ4v) is 1.76. The normalized spacial score (nSPS) is 10.1. The van der Waals surface area contributed by atoms with Crippen LogP contribution in [0.1, 0.15) is 15.9 Å². The van der Waals surface area contributed by atoms with Crippen LogP contribution in [0, 0.1) is 17.0 Å². The van der Waals surface area contributed by atoms with E-state index in [0.29, 0.717) is 17.6 Å². The molecule has 0 aromatic heterocycles. The van der Waals surface area contributed by atoms with Crippen molar-refractivity contribution in [2.24, 2.45) is 0 Å². The lowest BCUT2D eigenvalue weighted by Crippen LogP contribution is -1.93. The molecule has 0 aliphatic rings. The summed E-state index contributed by atoms with van der Waals surface area (Å²) in [7, 11) is 0. The molecule has 0 N–H and O–H groups in total. The molecular formula is C14H10ClNO4. The SMILES string of the molecule is Cc1ccc(C=O)cc1Oc1cc([N+](=O)[O-])ccc1Cl. The van der Waals surface area contributed by atoms with E-state index < -0.39 is 4.92 Å². The first-order valence-electron chi connectivity index (χ1n) is 5.69. The maximum Gasteiger partial charge on any atom is 0.273 e. The predicted octanol–water partition coefficient (Wildman–Crippen LogP) is 4.16. The van der Waals surface area contributed by atoms with Gasteiger partial charge in [-0.25, -0.2) is 0 Å². The van der Waals surface area contributed by atoms with Gasteiger partial charge in [0.1, 0.15) is 12.0 Å². The molecule has 0 saturated carbocycles. The monoisotopic (exact) mass is 291 g/mol. The molecule has 5 nitrogen and oxygen atoms in total. The Kier molecular flexibility index (Phi) is 4.00. The molecule has 0 bridgehead atoms. The summed E-state index contributed by atoms with van der Waals surface area (Å²) in [5, 5.41) is 11.0. The van der Waals surface area contributed by atoms with E-state index in [1.54, 1.807) is 25.1 Å².